The first kappa shape index (κ1) is 10.9. The smallest absolute Gasteiger partial charge is 0.278 e. The highest BCUT2D eigenvalue weighted by Crippen LogP contribution is 2.42. The SMILES string of the molecule is Nc1nc2c(c(=O)n1N)C(Br)CCC2Br. The van der Waals surface area contributed by atoms with Crippen LogP contribution in [0.3, 0.4) is 0 Å². The Kier molecular flexibility index (Phi) is 2.76. The van der Waals surface area contributed by atoms with Crippen molar-refractivity contribution < 1.29 is 0 Å². The molecule has 7 heteroatoms. The van der Waals surface area contributed by atoms with Crippen molar-refractivity contribution in [2.24, 2.45) is 0 Å². The molecule has 0 spiro atoms. The zero-order valence-corrected chi connectivity index (χ0v) is 11.0. The fraction of sp³-hybridized carbons (Fsp3) is 0.500. The van der Waals surface area contributed by atoms with E-state index >= 15 is 0 Å². The molecular formula is C8H10Br2N4O. The lowest BCUT2D eigenvalue weighted by Crippen LogP contribution is -2.36. The Hall–Kier alpha value is -0.560. The van der Waals surface area contributed by atoms with Gasteiger partial charge in [0.2, 0.25) is 5.95 Å². The lowest BCUT2D eigenvalue weighted by Gasteiger charge is -2.24. The maximum Gasteiger partial charge on any atom is 0.278 e. The van der Waals surface area contributed by atoms with E-state index in [1.165, 1.54) is 0 Å². The number of halogens is 2. The van der Waals surface area contributed by atoms with Gasteiger partial charge in [0.05, 0.1) is 16.1 Å². The Morgan fingerprint density at radius 3 is 2.60 bits per heavy atom. The van der Waals surface area contributed by atoms with Crippen molar-refractivity contribution in [2.45, 2.75) is 22.5 Å². The molecule has 1 heterocycles. The Bertz CT molecular complexity index is 459. The minimum absolute atomic E-state index is 0.0108. The topological polar surface area (TPSA) is 86.9 Å². The second kappa shape index (κ2) is 3.79. The van der Waals surface area contributed by atoms with E-state index in [2.05, 4.69) is 36.8 Å². The standard InChI is InChI=1S/C8H10Br2N4O/c9-3-1-2-4(10)6-5(3)7(15)14(12)8(11)13-6/h3-4H,1-2,12H2,(H2,11,13). The number of nitrogens with two attached hydrogens (primary N) is 2. The van der Waals surface area contributed by atoms with Gasteiger partial charge < -0.3 is 11.6 Å². The van der Waals surface area contributed by atoms with Gasteiger partial charge in [-0.15, -0.1) is 0 Å². The molecule has 5 nitrogen and oxygen atoms in total. The van der Waals surface area contributed by atoms with E-state index in [0.29, 0.717) is 11.3 Å². The number of rotatable bonds is 0. The molecule has 2 atom stereocenters. The fourth-order valence-corrected chi connectivity index (χ4v) is 3.00. The highest BCUT2D eigenvalue weighted by Gasteiger charge is 2.29. The zero-order chi connectivity index (χ0) is 11.2. The van der Waals surface area contributed by atoms with Crippen molar-refractivity contribution >= 4 is 37.8 Å². The molecule has 0 saturated carbocycles. The fourth-order valence-electron chi connectivity index (χ4n) is 1.69. The van der Waals surface area contributed by atoms with Gasteiger partial charge in [0, 0.05) is 4.83 Å². The summed E-state index contributed by atoms with van der Waals surface area (Å²) in [4.78, 5) is 16.1. The average Bonchev–Trinajstić information content (AvgIpc) is 2.20. The molecule has 1 aromatic heterocycles. The molecule has 0 saturated heterocycles. The predicted molar refractivity (Wildman–Crippen MR) is 65.6 cm³/mol. The molecule has 15 heavy (non-hydrogen) atoms. The third-order valence-electron chi connectivity index (χ3n) is 2.49. The normalized spacial score (nSPS) is 24.9. The zero-order valence-electron chi connectivity index (χ0n) is 7.78. The molecule has 0 amide bonds. The van der Waals surface area contributed by atoms with Crippen LogP contribution in [0, 0.1) is 0 Å². The van der Waals surface area contributed by atoms with Crippen molar-refractivity contribution in [2.75, 3.05) is 11.6 Å². The van der Waals surface area contributed by atoms with Crippen LogP contribution in [0.15, 0.2) is 4.79 Å². The number of alkyl halides is 2. The number of hydrogen-bond donors (Lipinski definition) is 2. The molecule has 1 aliphatic carbocycles. The van der Waals surface area contributed by atoms with Crippen LogP contribution in [-0.2, 0) is 0 Å². The van der Waals surface area contributed by atoms with Crippen LogP contribution in [0.25, 0.3) is 0 Å². The van der Waals surface area contributed by atoms with Crippen molar-refractivity contribution in [1.29, 1.82) is 0 Å². The highest BCUT2D eigenvalue weighted by atomic mass is 79.9. The van der Waals surface area contributed by atoms with Gasteiger partial charge in [-0.25, -0.2) is 4.98 Å². The molecule has 0 aliphatic heterocycles. The second-order valence-electron chi connectivity index (χ2n) is 3.46. The van der Waals surface area contributed by atoms with Crippen molar-refractivity contribution in [3.05, 3.63) is 21.6 Å². The summed E-state index contributed by atoms with van der Waals surface area (Å²) < 4.78 is 0.887. The van der Waals surface area contributed by atoms with Gasteiger partial charge in [-0.3, -0.25) is 4.79 Å². The van der Waals surface area contributed by atoms with E-state index < -0.39 is 0 Å². The molecule has 82 valence electrons. The molecule has 0 radical (unpaired) electrons. The number of nitrogens with zero attached hydrogens (tertiary/aromatic N) is 2. The third kappa shape index (κ3) is 1.67. The minimum atomic E-state index is -0.275. The molecule has 0 bridgehead atoms. The third-order valence-corrected chi connectivity index (χ3v) is 4.30. The summed E-state index contributed by atoms with van der Waals surface area (Å²) in [5, 5.41) is 0. The summed E-state index contributed by atoms with van der Waals surface area (Å²) in [7, 11) is 0. The number of nitrogen functional groups attached to an aromatic ring is 2. The molecule has 2 unspecified atom stereocenters. The number of anilines is 1. The summed E-state index contributed by atoms with van der Waals surface area (Å²) in [6.07, 6.45) is 1.80. The van der Waals surface area contributed by atoms with Crippen LogP contribution >= 0.6 is 31.9 Å². The van der Waals surface area contributed by atoms with Crippen LogP contribution in [0.1, 0.15) is 33.8 Å². The summed E-state index contributed by atoms with van der Waals surface area (Å²) in [5.41, 5.74) is 6.58. The summed E-state index contributed by atoms with van der Waals surface area (Å²) in [6.45, 7) is 0. The van der Waals surface area contributed by atoms with Crippen molar-refractivity contribution in [3.63, 3.8) is 0 Å². The number of fused-ring (bicyclic) bond motifs is 1. The summed E-state index contributed by atoms with van der Waals surface area (Å²) in [6, 6.07) is 0. The van der Waals surface area contributed by atoms with Crippen molar-refractivity contribution in [1.82, 2.24) is 9.66 Å². The molecule has 0 aromatic carbocycles. The second-order valence-corrected chi connectivity index (χ2v) is 5.67. The molecule has 1 aliphatic rings. The average molecular weight is 338 g/mol. The van der Waals surface area contributed by atoms with E-state index in [1.54, 1.807) is 0 Å². The Balaban J connectivity index is 2.74. The Morgan fingerprint density at radius 2 is 1.93 bits per heavy atom. The minimum Gasteiger partial charge on any atom is -0.368 e. The maximum absolute atomic E-state index is 11.9. The monoisotopic (exact) mass is 336 g/mol. The summed E-state index contributed by atoms with van der Waals surface area (Å²) in [5.74, 6) is 5.54. The maximum atomic E-state index is 11.9. The summed E-state index contributed by atoms with van der Waals surface area (Å²) >= 11 is 6.93. The lowest BCUT2D eigenvalue weighted by atomic mass is 9.97. The number of aromatic nitrogens is 2. The molecule has 0 fully saturated rings. The Labute approximate surface area is 103 Å². The quantitative estimate of drug-likeness (QED) is 0.550. The van der Waals surface area contributed by atoms with Gasteiger partial charge in [0.25, 0.3) is 5.56 Å². The van der Waals surface area contributed by atoms with Gasteiger partial charge in [0.15, 0.2) is 0 Å². The largest absolute Gasteiger partial charge is 0.368 e. The highest BCUT2D eigenvalue weighted by molar-refractivity contribution is 9.09. The van der Waals surface area contributed by atoms with Gasteiger partial charge in [-0.05, 0) is 12.8 Å². The predicted octanol–water partition coefficient (Wildman–Crippen LogP) is 1.21. The van der Waals surface area contributed by atoms with Crippen LogP contribution in [0.5, 0.6) is 0 Å². The first-order valence-corrected chi connectivity index (χ1v) is 6.31. The molecule has 2 rings (SSSR count). The van der Waals surface area contributed by atoms with Crippen LogP contribution in [-0.4, -0.2) is 9.66 Å². The molecule has 1 aromatic rings. The van der Waals surface area contributed by atoms with E-state index in [0.717, 1.165) is 17.5 Å². The van der Waals surface area contributed by atoms with Crippen LogP contribution in [0.4, 0.5) is 5.95 Å². The van der Waals surface area contributed by atoms with Gasteiger partial charge >= 0.3 is 0 Å². The van der Waals surface area contributed by atoms with E-state index in [-0.39, 0.29) is 21.2 Å². The first-order valence-electron chi connectivity index (χ1n) is 4.48. The number of hydrogen-bond acceptors (Lipinski definition) is 4. The van der Waals surface area contributed by atoms with Crippen LogP contribution < -0.4 is 17.1 Å². The van der Waals surface area contributed by atoms with Crippen LogP contribution in [0.2, 0.25) is 0 Å². The van der Waals surface area contributed by atoms with E-state index in [9.17, 15) is 4.79 Å². The molecular weight excluding hydrogens is 328 g/mol. The van der Waals surface area contributed by atoms with Gasteiger partial charge in [-0.2, -0.15) is 4.68 Å². The van der Waals surface area contributed by atoms with Crippen molar-refractivity contribution in [3.8, 4) is 0 Å². The van der Waals surface area contributed by atoms with Gasteiger partial charge in [0.1, 0.15) is 0 Å². The Morgan fingerprint density at radius 1 is 1.33 bits per heavy atom. The first-order chi connectivity index (χ1) is 7.02. The molecule has 4 N–H and O–H groups in total. The van der Waals surface area contributed by atoms with E-state index in [1.807, 2.05) is 0 Å². The van der Waals surface area contributed by atoms with E-state index in [4.69, 9.17) is 11.6 Å². The lowest BCUT2D eigenvalue weighted by molar-refractivity contribution is 0.639. The van der Waals surface area contributed by atoms with Gasteiger partial charge in [-0.1, -0.05) is 31.9 Å².